The fraction of sp³-hybridized carbons (Fsp3) is 0.769. The van der Waals surface area contributed by atoms with E-state index in [2.05, 4.69) is 0 Å². The largest absolute Gasteiger partial charge is 0.444 e. The van der Waals surface area contributed by atoms with E-state index in [0.29, 0.717) is 25.9 Å². The van der Waals surface area contributed by atoms with E-state index in [9.17, 15) is 19.6 Å². The zero-order chi connectivity index (χ0) is 15.1. The number of carbonyl (C=O) groups is 3. The van der Waals surface area contributed by atoms with Gasteiger partial charge in [0.1, 0.15) is 5.60 Å². The van der Waals surface area contributed by atoms with Crippen LogP contribution >= 0.6 is 0 Å². The molecule has 0 aromatic heterocycles. The second-order valence-corrected chi connectivity index (χ2v) is 6.44. The highest BCUT2D eigenvalue weighted by Gasteiger charge is 2.53. The zero-order valence-corrected chi connectivity index (χ0v) is 12.0. The molecule has 0 unspecified atom stereocenters. The predicted octanol–water partition coefficient (Wildman–Crippen LogP) is 1.15. The standard InChI is InChI=1S/C13H20N2O5/c1-12(2,3)20-11(18)14-6-4-13(5-7-14)8-9(16)15(19)10(13)17/h19H,4-8H2,1-3H3. The van der Waals surface area contributed by atoms with Gasteiger partial charge in [-0.2, -0.15) is 5.06 Å². The van der Waals surface area contributed by atoms with E-state index in [1.54, 1.807) is 20.8 Å². The van der Waals surface area contributed by atoms with E-state index in [4.69, 9.17) is 4.74 Å². The molecule has 0 aromatic rings. The number of likely N-dealkylation sites (tertiary alicyclic amines) is 1. The van der Waals surface area contributed by atoms with E-state index in [1.807, 2.05) is 0 Å². The minimum Gasteiger partial charge on any atom is -0.444 e. The minimum atomic E-state index is -0.843. The van der Waals surface area contributed by atoms with Crippen LogP contribution < -0.4 is 0 Å². The number of hydrogen-bond donors (Lipinski definition) is 1. The van der Waals surface area contributed by atoms with E-state index in [-0.39, 0.29) is 11.5 Å². The SMILES string of the molecule is CC(C)(C)OC(=O)N1CCC2(CC1)CC(=O)N(O)C2=O. The van der Waals surface area contributed by atoms with Crippen molar-refractivity contribution in [3.05, 3.63) is 0 Å². The van der Waals surface area contributed by atoms with Gasteiger partial charge in [-0.15, -0.1) is 0 Å². The molecule has 112 valence electrons. The van der Waals surface area contributed by atoms with E-state index >= 15 is 0 Å². The summed E-state index contributed by atoms with van der Waals surface area (Å²) in [6.07, 6.45) is 0.344. The molecule has 20 heavy (non-hydrogen) atoms. The number of rotatable bonds is 0. The van der Waals surface area contributed by atoms with Gasteiger partial charge in [-0.05, 0) is 33.6 Å². The van der Waals surface area contributed by atoms with Gasteiger partial charge in [0.15, 0.2) is 0 Å². The van der Waals surface area contributed by atoms with Crippen LogP contribution in [0.25, 0.3) is 0 Å². The molecule has 1 spiro atoms. The Balaban J connectivity index is 1.98. The molecular weight excluding hydrogens is 264 g/mol. The molecule has 2 saturated heterocycles. The van der Waals surface area contributed by atoms with Crippen LogP contribution in [-0.4, -0.2) is 51.8 Å². The highest BCUT2D eigenvalue weighted by molar-refractivity contribution is 6.04. The van der Waals surface area contributed by atoms with Gasteiger partial charge in [0.05, 0.1) is 5.41 Å². The third kappa shape index (κ3) is 2.63. The molecule has 3 amide bonds. The van der Waals surface area contributed by atoms with Gasteiger partial charge in [0, 0.05) is 19.5 Å². The van der Waals surface area contributed by atoms with Crippen molar-refractivity contribution < 1.29 is 24.3 Å². The lowest BCUT2D eigenvalue weighted by atomic mass is 9.77. The van der Waals surface area contributed by atoms with Crippen LogP contribution in [0.2, 0.25) is 0 Å². The number of piperidine rings is 1. The highest BCUT2D eigenvalue weighted by Crippen LogP contribution is 2.41. The molecule has 7 heteroatoms. The average Bonchev–Trinajstić information content (AvgIpc) is 2.53. The fourth-order valence-electron chi connectivity index (χ4n) is 2.61. The maximum Gasteiger partial charge on any atom is 0.410 e. The van der Waals surface area contributed by atoms with Crippen molar-refractivity contribution in [2.24, 2.45) is 5.41 Å². The van der Waals surface area contributed by atoms with Crippen LogP contribution in [0.15, 0.2) is 0 Å². The molecule has 0 aliphatic carbocycles. The zero-order valence-electron chi connectivity index (χ0n) is 12.0. The summed E-state index contributed by atoms with van der Waals surface area (Å²) in [4.78, 5) is 36.8. The first kappa shape index (κ1) is 14.8. The Morgan fingerprint density at radius 1 is 1.25 bits per heavy atom. The van der Waals surface area contributed by atoms with Crippen LogP contribution in [0, 0.1) is 5.41 Å². The molecule has 2 aliphatic heterocycles. The molecule has 7 nitrogen and oxygen atoms in total. The Labute approximate surface area is 117 Å². The smallest absolute Gasteiger partial charge is 0.410 e. The summed E-state index contributed by atoms with van der Waals surface area (Å²) in [6.45, 7) is 6.07. The summed E-state index contributed by atoms with van der Waals surface area (Å²) in [5, 5.41) is 9.55. The molecule has 0 saturated carbocycles. The molecule has 2 rings (SSSR count). The molecule has 2 fully saturated rings. The van der Waals surface area contributed by atoms with Crippen molar-refractivity contribution in [2.45, 2.75) is 45.6 Å². The molecule has 0 radical (unpaired) electrons. The summed E-state index contributed by atoms with van der Waals surface area (Å²) in [5.41, 5.74) is -1.41. The van der Waals surface area contributed by atoms with Gasteiger partial charge in [-0.1, -0.05) is 0 Å². The summed E-state index contributed by atoms with van der Waals surface area (Å²) in [5.74, 6) is -1.12. The van der Waals surface area contributed by atoms with Crippen LogP contribution in [0.5, 0.6) is 0 Å². The van der Waals surface area contributed by atoms with Gasteiger partial charge >= 0.3 is 6.09 Å². The number of hydrogen-bond acceptors (Lipinski definition) is 5. The monoisotopic (exact) mass is 284 g/mol. The van der Waals surface area contributed by atoms with Crippen molar-refractivity contribution >= 4 is 17.9 Å². The third-order valence-corrected chi connectivity index (χ3v) is 3.74. The van der Waals surface area contributed by atoms with E-state index in [0.717, 1.165) is 0 Å². The Morgan fingerprint density at radius 3 is 2.20 bits per heavy atom. The summed E-state index contributed by atoms with van der Waals surface area (Å²) in [6, 6.07) is 0. The maximum absolute atomic E-state index is 11.9. The van der Waals surface area contributed by atoms with Gasteiger partial charge in [0.2, 0.25) is 0 Å². The number of carbonyl (C=O) groups excluding carboxylic acids is 3. The Bertz CT molecular complexity index is 446. The molecule has 2 aliphatic rings. The van der Waals surface area contributed by atoms with Crippen LogP contribution in [0.4, 0.5) is 4.79 Å². The summed E-state index contributed by atoms with van der Waals surface area (Å²) >= 11 is 0. The average molecular weight is 284 g/mol. The molecular formula is C13H20N2O5. The summed E-state index contributed by atoms with van der Waals surface area (Å²) < 4.78 is 5.27. The van der Waals surface area contributed by atoms with E-state index < -0.39 is 28.9 Å². The number of hydroxylamine groups is 2. The molecule has 1 N–H and O–H groups in total. The number of amides is 3. The third-order valence-electron chi connectivity index (χ3n) is 3.74. The van der Waals surface area contributed by atoms with Gasteiger partial charge in [-0.25, -0.2) is 4.79 Å². The second kappa shape index (κ2) is 4.73. The number of nitrogens with zero attached hydrogens (tertiary/aromatic N) is 2. The van der Waals surface area contributed by atoms with Crippen molar-refractivity contribution in [1.82, 2.24) is 9.96 Å². The normalized spacial score (nSPS) is 22.6. The Kier molecular flexibility index (Phi) is 3.49. The van der Waals surface area contributed by atoms with Gasteiger partial charge in [0.25, 0.3) is 11.8 Å². The van der Waals surface area contributed by atoms with Crippen LogP contribution in [0.3, 0.4) is 0 Å². The van der Waals surface area contributed by atoms with Crippen molar-refractivity contribution in [3.63, 3.8) is 0 Å². The second-order valence-electron chi connectivity index (χ2n) is 6.44. The maximum atomic E-state index is 11.9. The Hall–Kier alpha value is -1.63. The van der Waals surface area contributed by atoms with E-state index in [1.165, 1.54) is 4.90 Å². The Morgan fingerprint density at radius 2 is 1.80 bits per heavy atom. The number of ether oxygens (including phenoxy) is 1. The van der Waals surface area contributed by atoms with Crippen molar-refractivity contribution in [2.75, 3.05) is 13.1 Å². The molecule has 0 atom stereocenters. The molecule has 0 aromatic carbocycles. The first-order valence-electron chi connectivity index (χ1n) is 6.69. The van der Waals surface area contributed by atoms with Crippen molar-refractivity contribution in [3.8, 4) is 0 Å². The minimum absolute atomic E-state index is 0.0183. The fourth-order valence-corrected chi connectivity index (χ4v) is 2.61. The van der Waals surface area contributed by atoms with Crippen molar-refractivity contribution in [1.29, 1.82) is 0 Å². The first-order valence-corrected chi connectivity index (χ1v) is 6.69. The lowest BCUT2D eigenvalue weighted by Crippen LogP contribution is -2.47. The summed E-state index contributed by atoms with van der Waals surface area (Å²) in [7, 11) is 0. The van der Waals surface area contributed by atoms with Gasteiger partial charge in [-0.3, -0.25) is 14.8 Å². The topological polar surface area (TPSA) is 87.2 Å². The number of imide groups is 1. The van der Waals surface area contributed by atoms with Gasteiger partial charge < -0.3 is 9.64 Å². The lowest BCUT2D eigenvalue weighted by molar-refractivity contribution is -0.175. The first-order chi connectivity index (χ1) is 9.15. The van der Waals surface area contributed by atoms with Crippen LogP contribution in [-0.2, 0) is 14.3 Å². The van der Waals surface area contributed by atoms with Crippen LogP contribution in [0.1, 0.15) is 40.0 Å². The predicted molar refractivity (Wildman–Crippen MR) is 67.7 cm³/mol. The lowest BCUT2D eigenvalue weighted by Gasteiger charge is -2.37. The molecule has 0 bridgehead atoms. The molecule has 2 heterocycles. The quantitative estimate of drug-likeness (QED) is 0.532. The highest BCUT2D eigenvalue weighted by atomic mass is 16.6.